The smallest absolute Gasteiger partial charge is 0.343 e. The third-order valence-corrected chi connectivity index (χ3v) is 3.93. The molecule has 2 rings (SSSR count). The van der Waals surface area contributed by atoms with Gasteiger partial charge in [0.1, 0.15) is 6.73 Å². The number of aromatic nitrogens is 2. The van der Waals surface area contributed by atoms with Crippen molar-refractivity contribution in [2.75, 3.05) is 6.61 Å². The first-order valence-electron chi connectivity index (χ1n) is 6.83. The van der Waals surface area contributed by atoms with Gasteiger partial charge in [-0.2, -0.15) is 3.97 Å². The van der Waals surface area contributed by atoms with Crippen molar-refractivity contribution in [1.82, 2.24) is 8.54 Å². The van der Waals surface area contributed by atoms with Crippen molar-refractivity contribution in [3.8, 4) is 0 Å². The second-order valence-corrected chi connectivity index (χ2v) is 5.41. The molecule has 0 atom stereocenters. The molecule has 0 saturated heterocycles. The molecule has 0 unspecified atom stereocenters. The maximum absolute atomic E-state index is 12.4. The summed E-state index contributed by atoms with van der Waals surface area (Å²) in [7, 11) is 0. The van der Waals surface area contributed by atoms with E-state index >= 15 is 0 Å². The van der Waals surface area contributed by atoms with Crippen molar-refractivity contribution in [3.63, 3.8) is 0 Å². The molecule has 0 N–H and O–H groups in total. The second-order valence-electron chi connectivity index (χ2n) is 4.39. The topological polar surface area (TPSA) is 53.2 Å². The summed E-state index contributed by atoms with van der Waals surface area (Å²) in [6, 6.07) is 9.36. The Hall–Kier alpha value is -1.79. The van der Waals surface area contributed by atoms with Crippen LogP contribution in [0.2, 0.25) is 0 Å². The molecule has 0 amide bonds. The van der Waals surface area contributed by atoms with E-state index in [2.05, 4.69) is 0 Å². The monoisotopic (exact) mass is 306 g/mol. The zero-order valence-corrected chi connectivity index (χ0v) is 12.9. The summed E-state index contributed by atoms with van der Waals surface area (Å²) < 4.78 is 7.90. The lowest BCUT2D eigenvalue weighted by atomic mass is 10.3. The fourth-order valence-electron chi connectivity index (χ4n) is 1.82. The van der Waals surface area contributed by atoms with Gasteiger partial charge in [-0.3, -0.25) is 9.36 Å². The summed E-state index contributed by atoms with van der Waals surface area (Å²) in [4.78, 5) is 25.6. The van der Waals surface area contributed by atoms with Crippen molar-refractivity contribution < 1.29 is 4.74 Å². The Bertz CT molecular complexity index is 707. The number of hydrogen-bond acceptors (Lipinski definition) is 4. The summed E-state index contributed by atoms with van der Waals surface area (Å²) in [5.41, 5.74) is -0.0404. The third-order valence-electron chi connectivity index (χ3n) is 2.95. The van der Waals surface area contributed by atoms with Gasteiger partial charge in [-0.15, -0.1) is 0 Å². The van der Waals surface area contributed by atoms with E-state index < -0.39 is 0 Å². The first-order valence-corrected chi connectivity index (χ1v) is 7.61. The molecule has 1 aromatic heterocycles. The van der Waals surface area contributed by atoms with Gasteiger partial charge in [0, 0.05) is 23.3 Å². The summed E-state index contributed by atoms with van der Waals surface area (Å²) in [6.07, 6.45) is 2.16. The van der Waals surface area contributed by atoms with Crippen molar-refractivity contribution in [3.05, 3.63) is 62.9 Å². The fraction of sp³-hybridized carbons (Fsp3) is 0.333. The molecule has 0 aliphatic carbocycles. The Labute approximate surface area is 127 Å². The molecule has 0 aliphatic rings. The van der Waals surface area contributed by atoms with E-state index in [1.165, 1.54) is 8.54 Å². The van der Waals surface area contributed by atoms with E-state index in [1.54, 1.807) is 6.20 Å². The Morgan fingerprint density at radius 1 is 1.14 bits per heavy atom. The highest BCUT2D eigenvalue weighted by atomic mass is 32.2. The van der Waals surface area contributed by atoms with Crippen LogP contribution in [-0.2, 0) is 17.9 Å². The largest absolute Gasteiger partial charge is 0.361 e. The molecule has 0 spiro atoms. The minimum atomic E-state index is -0.375. The first-order chi connectivity index (χ1) is 10.2. The molecule has 1 aromatic carbocycles. The van der Waals surface area contributed by atoms with Gasteiger partial charge < -0.3 is 4.74 Å². The highest BCUT2D eigenvalue weighted by Crippen LogP contribution is 2.16. The summed E-state index contributed by atoms with van der Waals surface area (Å²) in [6.45, 7) is 4.42. The molecule has 21 heavy (non-hydrogen) atoms. The van der Waals surface area contributed by atoms with Crippen LogP contribution in [-0.4, -0.2) is 15.1 Å². The number of rotatable bonds is 6. The van der Waals surface area contributed by atoms with Crippen molar-refractivity contribution >= 4 is 11.9 Å². The highest BCUT2D eigenvalue weighted by Gasteiger charge is 2.11. The van der Waals surface area contributed by atoms with E-state index in [9.17, 15) is 9.59 Å². The Balaban J connectivity index is 2.47. The van der Waals surface area contributed by atoms with Crippen LogP contribution in [0.3, 0.4) is 0 Å². The maximum Gasteiger partial charge on any atom is 0.343 e. The SMILES string of the molecule is CCOCn1cc(CC)c(=O)n(Sc2ccccc2)c1=O. The van der Waals surface area contributed by atoms with E-state index in [-0.39, 0.29) is 18.0 Å². The molecular weight excluding hydrogens is 288 g/mol. The number of ether oxygens (including phenoxy) is 1. The molecule has 112 valence electrons. The predicted octanol–water partition coefficient (Wildman–Crippen LogP) is 2.12. The Kier molecular flexibility index (Phi) is 5.41. The molecule has 0 bridgehead atoms. The van der Waals surface area contributed by atoms with Gasteiger partial charge in [0.2, 0.25) is 0 Å². The fourth-order valence-corrected chi connectivity index (χ4v) is 2.70. The molecular formula is C15H18N2O3S. The van der Waals surface area contributed by atoms with Crippen LogP contribution in [0.1, 0.15) is 19.4 Å². The lowest BCUT2D eigenvalue weighted by Crippen LogP contribution is -2.38. The average Bonchev–Trinajstić information content (AvgIpc) is 2.52. The molecule has 0 saturated carbocycles. The highest BCUT2D eigenvalue weighted by molar-refractivity contribution is 7.97. The summed E-state index contributed by atoms with van der Waals surface area (Å²) >= 11 is 1.13. The van der Waals surface area contributed by atoms with Crippen molar-refractivity contribution in [2.24, 2.45) is 0 Å². The zero-order chi connectivity index (χ0) is 15.2. The summed E-state index contributed by atoms with van der Waals surface area (Å²) in [5.74, 6) is 0. The van der Waals surface area contributed by atoms with Gasteiger partial charge in [-0.05, 0) is 37.4 Å². The standard InChI is InChI=1S/C15H18N2O3S/c1-3-12-10-16(11-20-4-2)15(19)17(14(12)18)21-13-8-6-5-7-9-13/h5-10H,3-4,11H2,1-2H3. The van der Waals surface area contributed by atoms with Gasteiger partial charge >= 0.3 is 5.69 Å². The van der Waals surface area contributed by atoms with Gasteiger partial charge in [-0.1, -0.05) is 25.1 Å². The van der Waals surface area contributed by atoms with E-state index in [0.29, 0.717) is 18.6 Å². The zero-order valence-electron chi connectivity index (χ0n) is 12.1. The van der Waals surface area contributed by atoms with Crippen molar-refractivity contribution in [2.45, 2.75) is 31.9 Å². The minimum absolute atomic E-state index is 0.151. The summed E-state index contributed by atoms with van der Waals surface area (Å²) in [5, 5.41) is 0. The molecule has 2 aromatic rings. The number of hydrogen-bond donors (Lipinski definition) is 0. The van der Waals surface area contributed by atoms with Gasteiger partial charge in [0.25, 0.3) is 5.56 Å². The van der Waals surface area contributed by atoms with Gasteiger partial charge in [0.05, 0.1) is 0 Å². The van der Waals surface area contributed by atoms with Crippen molar-refractivity contribution in [1.29, 1.82) is 0 Å². The molecule has 0 fully saturated rings. The number of benzene rings is 1. The van der Waals surface area contributed by atoms with E-state index in [0.717, 1.165) is 16.8 Å². The van der Waals surface area contributed by atoms with Crippen LogP contribution in [0.15, 0.2) is 51.0 Å². The normalized spacial score (nSPS) is 10.8. The Morgan fingerprint density at radius 3 is 2.48 bits per heavy atom. The van der Waals surface area contributed by atoms with Gasteiger partial charge in [-0.25, -0.2) is 4.79 Å². The van der Waals surface area contributed by atoms with Crippen LogP contribution in [0.4, 0.5) is 0 Å². The van der Waals surface area contributed by atoms with E-state index in [4.69, 9.17) is 4.74 Å². The third kappa shape index (κ3) is 3.65. The minimum Gasteiger partial charge on any atom is -0.361 e. The Morgan fingerprint density at radius 2 is 1.86 bits per heavy atom. The van der Waals surface area contributed by atoms with E-state index in [1.807, 2.05) is 44.2 Å². The molecule has 0 radical (unpaired) electrons. The van der Waals surface area contributed by atoms with Crippen LogP contribution >= 0.6 is 11.9 Å². The lowest BCUT2D eigenvalue weighted by Gasteiger charge is -2.11. The predicted molar refractivity (Wildman–Crippen MR) is 83.7 cm³/mol. The number of nitrogens with zero attached hydrogens (tertiary/aromatic N) is 2. The average molecular weight is 306 g/mol. The quantitative estimate of drug-likeness (QED) is 0.820. The molecule has 0 aliphatic heterocycles. The van der Waals surface area contributed by atoms with Crippen LogP contribution < -0.4 is 11.2 Å². The van der Waals surface area contributed by atoms with Crippen LogP contribution in [0.25, 0.3) is 0 Å². The van der Waals surface area contributed by atoms with Crippen LogP contribution in [0.5, 0.6) is 0 Å². The van der Waals surface area contributed by atoms with Crippen LogP contribution in [0, 0.1) is 0 Å². The number of aryl methyl sites for hydroxylation is 1. The maximum atomic E-state index is 12.4. The first kappa shape index (κ1) is 15.6. The molecule has 6 heteroatoms. The molecule has 5 nitrogen and oxygen atoms in total. The molecule has 1 heterocycles. The lowest BCUT2D eigenvalue weighted by molar-refractivity contribution is 0.0838. The van der Waals surface area contributed by atoms with Gasteiger partial charge in [0.15, 0.2) is 0 Å². The second kappa shape index (κ2) is 7.28.